The lowest BCUT2D eigenvalue weighted by Gasteiger charge is -2.36. The van der Waals surface area contributed by atoms with Gasteiger partial charge in [0.1, 0.15) is 5.75 Å². The number of hydrogen-bond donors (Lipinski definition) is 0. The highest BCUT2D eigenvalue weighted by Crippen LogP contribution is 2.34. The Bertz CT molecular complexity index is 786. The topological polar surface area (TPSA) is 32.8 Å². The first-order chi connectivity index (χ1) is 12.2. The Morgan fingerprint density at radius 2 is 2.16 bits per heavy atom. The highest BCUT2D eigenvalue weighted by atomic mass is 32.1. The van der Waals surface area contributed by atoms with Gasteiger partial charge >= 0.3 is 0 Å². The molecule has 0 saturated carbocycles. The maximum absolute atomic E-state index is 13.0. The van der Waals surface area contributed by atoms with E-state index < -0.39 is 0 Å². The van der Waals surface area contributed by atoms with Crippen LogP contribution in [-0.2, 0) is 17.6 Å². The first-order valence-corrected chi connectivity index (χ1v) is 9.83. The van der Waals surface area contributed by atoms with Crippen molar-refractivity contribution < 1.29 is 9.53 Å². The Labute approximate surface area is 153 Å². The average molecular weight is 356 g/mol. The smallest absolute Gasteiger partial charge is 0.241 e. The Kier molecular flexibility index (Phi) is 4.52. The number of amides is 1. The lowest BCUT2D eigenvalue weighted by atomic mass is 10.00. The number of ether oxygens (including phenoxy) is 1. The average Bonchev–Trinajstić information content (AvgIpc) is 3.12. The summed E-state index contributed by atoms with van der Waals surface area (Å²) in [4.78, 5) is 18.8. The molecule has 4 nitrogen and oxygen atoms in total. The van der Waals surface area contributed by atoms with Crippen molar-refractivity contribution in [2.75, 3.05) is 31.6 Å². The van der Waals surface area contributed by atoms with E-state index >= 15 is 0 Å². The lowest BCUT2D eigenvalue weighted by molar-refractivity contribution is -0.120. The summed E-state index contributed by atoms with van der Waals surface area (Å²) in [5, 5.41) is 2.17. The minimum atomic E-state index is 0.205. The van der Waals surface area contributed by atoms with E-state index in [4.69, 9.17) is 4.74 Å². The van der Waals surface area contributed by atoms with Crippen LogP contribution in [0.5, 0.6) is 5.75 Å². The summed E-state index contributed by atoms with van der Waals surface area (Å²) in [6, 6.07) is 8.58. The van der Waals surface area contributed by atoms with Crippen molar-refractivity contribution in [3.63, 3.8) is 0 Å². The van der Waals surface area contributed by atoms with Crippen LogP contribution >= 0.6 is 11.3 Å². The Balaban J connectivity index is 1.51. The third-order valence-corrected chi connectivity index (χ3v) is 6.44. The van der Waals surface area contributed by atoms with Gasteiger partial charge in [-0.2, -0.15) is 0 Å². The fraction of sp³-hybridized carbons (Fsp3) is 0.450. The van der Waals surface area contributed by atoms with Gasteiger partial charge in [-0.3, -0.25) is 9.69 Å². The van der Waals surface area contributed by atoms with Crippen molar-refractivity contribution in [1.29, 1.82) is 0 Å². The van der Waals surface area contributed by atoms with Gasteiger partial charge in [-0.25, -0.2) is 0 Å². The maximum atomic E-state index is 13.0. The third-order valence-electron chi connectivity index (χ3n) is 5.45. The number of hydrogen-bond acceptors (Lipinski definition) is 4. The molecule has 25 heavy (non-hydrogen) atoms. The molecule has 0 radical (unpaired) electrons. The number of carbonyl (C=O) groups is 1. The van der Waals surface area contributed by atoms with Gasteiger partial charge in [-0.1, -0.05) is 0 Å². The predicted octanol–water partition coefficient (Wildman–Crippen LogP) is 3.66. The Hall–Kier alpha value is -1.85. The zero-order valence-corrected chi connectivity index (χ0v) is 15.6. The van der Waals surface area contributed by atoms with Crippen LogP contribution in [0.25, 0.3) is 0 Å². The van der Waals surface area contributed by atoms with Gasteiger partial charge in [0.05, 0.1) is 13.7 Å². The number of rotatable bonds is 3. The molecule has 1 atom stereocenters. The molecule has 4 rings (SSSR count). The fourth-order valence-corrected chi connectivity index (χ4v) is 4.96. The number of benzene rings is 1. The summed E-state index contributed by atoms with van der Waals surface area (Å²) >= 11 is 1.84. The number of thiophene rings is 1. The van der Waals surface area contributed by atoms with Crippen LogP contribution in [0.4, 0.5) is 5.69 Å². The molecule has 1 aromatic heterocycles. The molecule has 3 heterocycles. The molecule has 0 fully saturated rings. The largest absolute Gasteiger partial charge is 0.497 e. The predicted molar refractivity (Wildman–Crippen MR) is 102 cm³/mol. The van der Waals surface area contributed by atoms with Crippen molar-refractivity contribution in [3.05, 3.63) is 45.6 Å². The van der Waals surface area contributed by atoms with Gasteiger partial charge in [0.25, 0.3) is 0 Å². The van der Waals surface area contributed by atoms with Crippen LogP contribution in [-0.4, -0.2) is 37.6 Å². The van der Waals surface area contributed by atoms with E-state index in [1.165, 1.54) is 16.0 Å². The molecule has 1 amide bonds. The van der Waals surface area contributed by atoms with Crippen LogP contribution < -0.4 is 9.64 Å². The number of methoxy groups -OCH3 is 1. The second-order valence-electron chi connectivity index (χ2n) is 6.84. The molecule has 0 bridgehead atoms. The number of nitrogens with zero attached hydrogens (tertiary/aromatic N) is 2. The number of fused-ring (bicyclic) bond motifs is 2. The highest BCUT2D eigenvalue weighted by Gasteiger charge is 2.29. The third kappa shape index (κ3) is 3.07. The molecule has 0 N–H and O–H groups in total. The molecule has 1 unspecified atom stereocenters. The fourth-order valence-electron chi connectivity index (χ4n) is 4.00. The van der Waals surface area contributed by atoms with E-state index in [-0.39, 0.29) is 5.91 Å². The van der Waals surface area contributed by atoms with Gasteiger partial charge in [0.15, 0.2) is 0 Å². The van der Waals surface area contributed by atoms with Gasteiger partial charge in [-0.05, 0) is 67.0 Å². The second kappa shape index (κ2) is 6.81. The summed E-state index contributed by atoms with van der Waals surface area (Å²) in [5.74, 6) is 1.07. The molecule has 0 spiro atoms. The van der Waals surface area contributed by atoms with E-state index in [9.17, 15) is 4.79 Å². The first-order valence-electron chi connectivity index (χ1n) is 8.95. The molecule has 0 saturated heterocycles. The second-order valence-corrected chi connectivity index (χ2v) is 7.84. The first kappa shape index (κ1) is 16.6. The van der Waals surface area contributed by atoms with Crippen LogP contribution in [0.3, 0.4) is 0 Å². The number of anilines is 1. The van der Waals surface area contributed by atoms with Crippen molar-refractivity contribution in [1.82, 2.24) is 4.90 Å². The molecule has 132 valence electrons. The van der Waals surface area contributed by atoms with Crippen molar-refractivity contribution in [2.24, 2.45) is 0 Å². The van der Waals surface area contributed by atoms with Crippen LogP contribution in [0.2, 0.25) is 0 Å². The minimum Gasteiger partial charge on any atom is -0.497 e. The molecule has 0 aliphatic carbocycles. The number of carbonyl (C=O) groups excluding carboxylic acids is 1. The normalized spacial score (nSPS) is 20.1. The van der Waals surface area contributed by atoms with Gasteiger partial charge in [0, 0.05) is 29.7 Å². The van der Waals surface area contributed by atoms with Gasteiger partial charge in [-0.15, -0.1) is 11.3 Å². The summed E-state index contributed by atoms with van der Waals surface area (Å²) in [6.45, 7) is 4.47. The summed E-state index contributed by atoms with van der Waals surface area (Å²) in [6.07, 6.45) is 3.07. The van der Waals surface area contributed by atoms with E-state index in [1.54, 1.807) is 7.11 Å². The summed E-state index contributed by atoms with van der Waals surface area (Å²) in [5.41, 5.74) is 3.66. The van der Waals surface area contributed by atoms with E-state index in [1.807, 2.05) is 28.4 Å². The monoisotopic (exact) mass is 356 g/mol. The van der Waals surface area contributed by atoms with Crippen molar-refractivity contribution in [2.45, 2.75) is 32.2 Å². The van der Waals surface area contributed by atoms with Crippen LogP contribution in [0.15, 0.2) is 29.6 Å². The van der Waals surface area contributed by atoms with Gasteiger partial charge in [0.2, 0.25) is 5.91 Å². The Morgan fingerprint density at radius 3 is 3.00 bits per heavy atom. The van der Waals surface area contributed by atoms with E-state index in [2.05, 4.69) is 29.3 Å². The zero-order valence-electron chi connectivity index (χ0n) is 14.8. The quantitative estimate of drug-likeness (QED) is 0.841. The number of aryl methyl sites for hydroxylation is 1. The highest BCUT2D eigenvalue weighted by molar-refractivity contribution is 7.10. The standard InChI is InChI=1S/C20H24N2O2S/c1-14-17-8-11-25-19(17)7-10-21(14)13-20(23)22-9-3-4-15-12-16(24-2)5-6-18(15)22/h5-6,8,11-12,14H,3-4,7,9-10,13H2,1-2H3. The molecule has 2 aromatic rings. The summed E-state index contributed by atoms with van der Waals surface area (Å²) in [7, 11) is 1.68. The van der Waals surface area contributed by atoms with Crippen LogP contribution in [0, 0.1) is 0 Å². The SMILES string of the molecule is COc1ccc2c(c1)CCCN2C(=O)CN1CCc2sccc2C1C. The maximum Gasteiger partial charge on any atom is 0.241 e. The molecule has 5 heteroatoms. The van der Waals surface area contributed by atoms with Gasteiger partial charge < -0.3 is 9.64 Å². The summed E-state index contributed by atoms with van der Waals surface area (Å²) < 4.78 is 5.33. The lowest BCUT2D eigenvalue weighted by Crippen LogP contribution is -2.45. The zero-order chi connectivity index (χ0) is 17.4. The van der Waals surface area contributed by atoms with Crippen LogP contribution in [0.1, 0.15) is 35.4 Å². The minimum absolute atomic E-state index is 0.205. The molecule has 2 aliphatic heterocycles. The van der Waals surface area contributed by atoms with Crippen molar-refractivity contribution in [3.8, 4) is 5.75 Å². The molecular weight excluding hydrogens is 332 g/mol. The molecular formula is C20H24N2O2S. The Morgan fingerprint density at radius 1 is 1.28 bits per heavy atom. The van der Waals surface area contributed by atoms with E-state index in [0.29, 0.717) is 12.6 Å². The molecule has 1 aromatic carbocycles. The molecule has 2 aliphatic rings. The van der Waals surface area contributed by atoms with E-state index in [0.717, 1.165) is 43.8 Å². The van der Waals surface area contributed by atoms with Crippen molar-refractivity contribution >= 4 is 22.9 Å².